The number of anilines is 1. The van der Waals surface area contributed by atoms with Crippen molar-refractivity contribution < 1.29 is 4.79 Å². The number of pyridine rings is 1. The molecule has 0 atom stereocenters. The van der Waals surface area contributed by atoms with E-state index in [9.17, 15) is 4.79 Å². The van der Waals surface area contributed by atoms with Crippen molar-refractivity contribution in [2.45, 2.75) is 0 Å². The number of rotatable bonds is 3. The maximum atomic E-state index is 12.5. The number of hydrogen-bond donors (Lipinski definition) is 1. The van der Waals surface area contributed by atoms with Gasteiger partial charge in [-0.25, -0.2) is 9.97 Å². The van der Waals surface area contributed by atoms with Crippen molar-refractivity contribution in [3.63, 3.8) is 0 Å². The number of carbonyl (C=O) groups is 1. The quantitative estimate of drug-likeness (QED) is 0.508. The van der Waals surface area contributed by atoms with Crippen LogP contribution in [0.25, 0.3) is 9.88 Å². The Hall–Kier alpha value is -3.27. The molecule has 0 saturated carbocycles. The third-order valence-electron chi connectivity index (χ3n) is 3.58. The van der Waals surface area contributed by atoms with Crippen LogP contribution in [0.1, 0.15) is 20.9 Å². The van der Waals surface area contributed by atoms with E-state index >= 15 is 0 Å². The van der Waals surface area contributed by atoms with Crippen LogP contribution in [0.15, 0.2) is 72.4 Å². The molecule has 4 nitrogen and oxygen atoms in total. The molecule has 4 aromatic rings. The molecule has 0 saturated heterocycles. The first-order chi connectivity index (χ1) is 13.3. The minimum absolute atomic E-state index is 0.176. The topological polar surface area (TPSA) is 54.9 Å². The van der Waals surface area contributed by atoms with Gasteiger partial charge in [0.1, 0.15) is 15.6 Å². The van der Waals surface area contributed by atoms with E-state index in [0.29, 0.717) is 16.3 Å². The molecule has 0 spiro atoms. The molecule has 4 rings (SSSR count). The second kappa shape index (κ2) is 7.96. The van der Waals surface area contributed by atoms with Crippen molar-refractivity contribution in [2.75, 3.05) is 5.32 Å². The highest BCUT2D eigenvalue weighted by Gasteiger charge is 2.12. The van der Waals surface area contributed by atoms with Gasteiger partial charge >= 0.3 is 0 Å². The summed E-state index contributed by atoms with van der Waals surface area (Å²) in [5.41, 5.74) is 2.21. The molecule has 3 heterocycles. The van der Waals surface area contributed by atoms with Crippen LogP contribution in [0.2, 0.25) is 0 Å². The molecular weight excluding hydrogens is 374 g/mol. The first kappa shape index (κ1) is 17.2. The number of nitrogens with one attached hydrogen (secondary N) is 1. The first-order valence-electron chi connectivity index (χ1n) is 8.12. The fourth-order valence-electron chi connectivity index (χ4n) is 2.33. The summed E-state index contributed by atoms with van der Waals surface area (Å²) in [7, 11) is 0. The summed E-state index contributed by atoms with van der Waals surface area (Å²) in [6, 6.07) is 17.0. The Balaban J connectivity index is 1.48. The number of thiophene rings is 1. The van der Waals surface area contributed by atoms with E-state index < -0.39 is 0 Å². The van der Waals surface area contributed by atoms with E-state index in [0.717, 1.165) is 15.4 Å². The van der Waals surface area contributed by atoms with Crippen LogP contribution in [-0.4, -0.2) is 15.9 Å². The molecule has 1 amide bonds. The summed E-state index contributed by atoms with van der Waals surface area (Å²) < 4.78 is 0. The lowest BCUT2D eigenvalue weighted by Crippen LogP contribution is -2.10. The van der Waals surface area contributed by atoms with Gasteiger partial charge in [0.2, 0.25) is 0 Å². The SMILES string of the molecule is O=C(Nc1cccc(C#Cc2ccccn2)c1)c1cnc(-c2cccs2)s1. The van der Waals surface area contributed by atoms with Gasteiger partial charge in [0.25, 0.3) is 5.91 Å². The number of nitrogens with zero attached hydrogens (tertiary/aromatic N) is 2. The van der Waals surface area contributed by atoms with Gasteiger partial charge in [0, 0.05) is 17.4 Å². The van der Waals surface area contributed by atoms with Crippen LogP contribution in [0.3, 0.4) is 0 Å². The van der Waals surface area contributed by atoms with Gasteiger partial charge in [0.05, 0.1) is 11.1 Å². The summed E-state index contributed by atoms with van der Waals surface area (Å²) >= 11 is 2.99. The van der Waals surface area contributed by atoms with Crippen LogP contribution in [0, 0.1) is 11.8 Å². The lowest BCUT2D eigenvalue weighted by molar-refractivity contribution is 0.103. The number of amides is 1. The lowest BCUT2D eigenvalue weighted by atomic mass is 10.2. The zero-order chi connectivity index (χ0) is 18.5. The van der Waals surface area contributed by atoms with Crippen LogP contribution < -0.4 is 5.32 Å². The van der Waals surface area contributed by atoms with Gasteiger partial charge in [-0.2, -0.15) is 0 Å². The summed E-state index contributed by atoms with van der Waals surface area (Å²) in [5.74, 6) is 5.90. The summed E-state index contributed by atoms with van der Waals surface area (Å²) in [5, 5.41) is 5.75. The summed E-state index contributed by atoms with van der Waals surface area (Å²) in [4.78, 5) is 22.7. The highest BCUT2D eigenvalue weighted by Crippen LogP contribution is 2.29. The molecule has 0 aliphatic rings. The van der Waals surface area contributed by atoms with Gasteiger partial charge in [-0.1, -0.05) is 24.1 Å². The highest BCUT2D eigenvalue weighted by molar-refractivity contribution is 7.22. The molecule has 130 valence electrons. The van der Waals surface area contributed by atoms with E-state index in [-0.39, 0.29) is 5.91 Å². The van der Waals surface area contributed by atoms with Crippen LogP contribution in [0.4, 0.5) is 5.69 Å². The number of thiazole rings is 1. The molecule has 0 aliphatic heterocycles. The van der Waals surface area contributed by atoms with E-state index in [4.69, 9.17) is 0 Å². The molecule has 6 heteroatoms. The molecular formula is C21H13N3OS2. The Labute approximate surface area is 164 Å². The van der Waals surface area contributed by atoms with Gasteiger partial charge in [-0.05, 0) is 47.7 Å². The zero-order valence-electron chi connectivity index (χ0n) is 14.0. The fraction of sp³-hybridized carbons (Fsp3) is 0. The third-order valence-corrected chi connectivity index (χ3v) is 5.62. The van der Waals surface area contributed by atoms with Crippen molar-refractivity contribution in [3.05, 3.63) is 88.5 Å². The Morgan fingerprint density at radius 2 is 1.96 bits per heavy atom. The number of hydrogen-bond acceptors (Lipinski definition) is 5. The summed E-state index contributed by atoms with van der Waals surface area (Å²) in [6.45, 7) is 0. The van der Waals surface area contributed by atoms with Crippen molar-refractivity contribution in [2.24, 2.45) is 0 Å². The minimum atomic E-state index is -0.176. The molecule has 0 radical (unpaired) electrons. The molecule has 0 aliphatic carbocycles. The maximum Gasteiger partial charge on any atom is 0.267 e. The normalized spacial score (nSPS) is 10.1. The number of aromatic nitrogens is 2. The molecule has 1 N–H and O–H groups in total. The average Bonchev–Trinajstić information content (AvgIpc) is 3.39. The smallest absolute Gasteiger partial charge is 0.267 e. The molecule has 1 aromatic carbocycles. The summed E-state index contributed by atoms with van der Waals surface area (Å²) in [6.07, 6.45) is 3.32. The first-order valence-corrected chi connectivity index (χ1v) is 9.82. The fourth-order valence-corrected chi connectivity index (χ4v) is 3.95. The second-order valence-electron chi connectivity index (χ2n) is 5.51. The van der Waals surface area contributed by atoms with Crippen LogP contribution in [-0.2, 0) is 0 Å². The highest BCUT2D eigenvalue weighted by atomic mass is 32.1. The number of carbonyl (C=O) groups excluding carboxylic acids is 1. The zero-order valence-corrected chi connectivity index (χ0v) is 15.7. The molecule has 3 aromatic heterocycles. The van der Waals surface area contributed by atoms with Gasteiger partial charge in [-0.3, -0.25) is 4.79 Å². The van der Waals surface area contributed by atoms with E-state index in [1.165, 1.54) is 11.3 Å². The average molecular weight is 387 g/mol. The van der Waals surface area contributed by atoms with Crippen molar-refractivity contribution in [1.29, 1.82) is 0 Å². The third kappa shape index (κ3) is 4.29. The molecule has 0 fully saturated rings. The molecule has 27 heavy (non-hydrogen) atoms. The molecule has 0 unspecified atom stereocenters. The van der Waals surface area contributed by atoms with Gasteiger partial charge in [-0.15, -0.1) is 22.7 Å². The Bertz CT molecular complexity index is 1120. The van der Waals surface area contributed by atoms with Crippen molar-refractivity contribution >= 4 is 34.3 Å². The van der Waals surface area contributed by atoms with Crippen molar-refractivity contribution in [1.82, 2.24) is 9.97 Å². The van der Waals surface area contributed by atoms with Gasteiger partial charge in [0.15, 0.2) is 0 Å². The predicted molar refractivity (Wildman–Crippen MR) is 110 cm³/mol. The maximum absolute atomic E-state index is 12.5. The van der Waals surface area contributed by atoms with E-state index in [2.05, 4.69) is 27.1 Å². The van der Waals surface area contributed by atoms with Crippen LogP contribution >= 0.6 is 22.7 Å². The minimum Gasteiger partial charge on any atom is -0.321 e. The Morgan fingerprint density at radius 3 is 2.78 bits per heavy atom. The van der Waals surface area contributed by atoms with Crippen LogP contribution in [0.5, 0.6) is 0 Å². The van der Waals surface area contributed by atoms with Crippen molar-refractivity contribution in [3.8, 4) is 21.7 Å². The second-order valence-corrected chi connectivity index (χ2v) is 7.49. The van der Waals surface area contributed by atoms with E-state index in [1.807, 2.05) is 60.0 Å². The standard InChI is InChI=1S/C21H13N3OS2/c25-20(19-14-23-21(27-19)18-8-4-12-26-18)24-17-7-3-5-15(13-17)9-10-16-6-1-2-11-22-16/h1-8,11-14H,(H,24,25). The van der Waals surface area contributed by atoms with E-state index in [1.54, 1.807) is 23.7 Å². The Kier molecular flexibility index (Phi) is 5.06. The van der Waals surface area contributed by atoms with Gasteiger partial charge < -0.3 is 5.32 Å². The lowest BCUT2D eigenvalue weighted by Gasteiger charge is -2.03. The Morgan fingerprint density at radius 1 is 1.00 bits per heavy atom. The monoisotopic (exact) mass is 387 g/mol. The number of benzene rings is 1. The largest absolute Gasteiger partial charge is 0.321 e. The molecule has 0 bridgehead atoms. The predicted octanol–water partition coefficient (Wildman–Crippen LogP) is 4.92.